The molecule has 0 radical (unpaired) electrons. The molecule has 6 nitrogen and oxygen atoms in total. The van der Waals surface area contributed by atoms with Crippen LogP contribution in [0.4, 0.5) is 11.4 Å². The highest BCUT2D eigenvalue weighted by Gasteiger charge is 2.20. The van der Waals surface area contributed by atoms with Gasteiger partial charge in [-0.15, -0.1) is 0 Å². The lowest BCUT2D eigenvalue weighted by Gasteiger charge is -2.23. The number of aromatic nitrogens is 1. The summed E-state index contributed by atoms with van der Waals surface area (Å²) in [6.07, 6.45) is 0.152. The van der Waals surface area contributed by atoms with Crippen LogP contribution in [0, 0.1) is 0 Å². The van der Waals surface area contributed by atoms with E-state index in [0.717, 1.165) is 28.1 Å². The van der Waals surface area contributed by atoms with Gasteiger partial charge in [-0.3, -0.25) is 4.79 Å². The van der Waals surface area contributed by atoms with Crippen LogP contribution in [0.5, 0.6) is 5.75 Å². The molecule has 4 aromatic rings. The number of rotatable bonds is 7. The molecule has 1 aromatic heterocycles. The van der Waals surface area contributed by atoms with Crippen LogP contribution in [0.3, 0.4) is 0 Å². The van der Waals surface area contributed by atoms with Crippen LogP contribution < -0.4 is 14.5 Å². The lowest BCUT2D eigenvalue weighted by atomic mass is 10.1. The Morgan fingerprint density at radius 2 is 1.61 bits per heavy atom. The average Bonchev–Trinajstić information content (AvgIpc) is 3.20. The van der Waals surface area contributed by atoms with Crippen molar-refractivity contribution in [3.63, 3.8) is 0 Å². The second-order valence-corrected chi connectivity index (χ2v) is 7.54. The first-order valence-electron chi connectivity index (χ1n) is 10.1. The molecule has 1 amide bonds. The van der Waals surface area contributed by atoms with Crippen LogP contribution in [0.25, 0.3) is 11.0 Å². The number of anilines is 2. The van der Waals surface area contributed by atoms with Gasteiger partial charge in [0.05, 0.1) is 20.1 Å². The Hall–Kier alpha value is -3.80. The van der Waals surface area contributed by atoms with Crippen molar-refractivity contribution in [1.82, 2.24) is 5.16 Å². The number of hydrogen-bond acceptors (Lipinski definition) is 5. The van der Waals surface area contributed by atoms with Gasteiger partial charge in [-0.1, -0.05) is 29.4 Å². The van der Waals surface area contributed by atoms with Crippen molar-refractivity contribution in [1.29, 1.82) is 0 Å². The summed E-state index contributed by atoms with van der Waals surface area (Å²) in [6, 6.07) is 23.3. The maximum atomic E-state index is 13.4. The first-order valence-corrected chi connectivity index (χ1v) is 10.1. The molecule has 0 unspecified atom stereocenters. The van der Waals surface area contributed by atoms with E-state index in [2.05, 4.69) is 17.3 Å². The number of nitrogens with zero attached hydrogens (tertiary/aromatic N) is 3. The van der Waals surface area contributed by atoms with E-state index >= 15 is 0 Å². The molecule has 1 heterocycles. The van der Waals surface area contributed by atoms with Crippen molar-refractivity contribution in [3.8, 4) is 5.75 Å². The highest BCUT2D eigenvalue weighted by atomic mass is 16.5. The summed E-state index contributed by atoms with van der Waals surface area (Å²) in [6.45, 7) is 0.453. The van der Waals surface area contributed by atoms with Gasteiger partial charge in [0.2, 0.25) is 5.91 Å². The standard InChI is InChI=1S/C25H25N3O3/c1-27(2)19-10-8-18(9-11-19)17-28(20-12-14-21(30-3)15-13-20)25(29)16-23-22-6-4-5-7-24(22)31-26-23/h4-15H,16-17H2,1-3H3. The third kappa shape index (κ3) is 4.53. The number of carbonyl (C=O) groups excluding carboxylic acids is 1. The van der Waals surface area contributed by atoms with Gasteiger partial charge in [0.25, 0.3) is 0 Å². The van der Waals surface area contributed by atoms with Gasteiger partial charge in [-0.2, -0.15) is 0 Å². The summed E-state index contributed by atoms with van der Waals surface area (Å²) in [5.74, 6) is 0.690. The number of carbonyl (C=O) groups is 1. The number of fused-ring (bicyclic) bond motifs is 1. The Labute approximate surface area is 181 Å². The largest absolute Gasteiger partial charge is 0.497 e. The normalized spacial score (nSPS) is 10.8. The maximum absolute atomic E-state index is 13.4. The van der Waals surface area contributed by atoms with Crippen molar-refractivity contribution in [2.75, 3.05) is 31.0 Å². The zero-order chi connectivity index (χ0) is 21.8. The van der Waals surface area contributed by atoms with E-state index in [9.17, 15) is 4.79 Å². The molecule has 0 aliphatic heterocycles. The fraction of sp³-hybridized carbons (Fsp3) is 0.200. The fourth-order valence-corrected chi connectivity index (χ4v) is 3.47. The van der Waals surface area contributed by atoms with Crippen molar-refractivity contribution in [3.05, 3.63) is 84.1 Å². The molecule has 0 fully saturated rings. The molecule has 0 N–H and O–H groups in total. The van der Waals surface area contributed by atoms with Gasteiger partial charge in [-0.25, -0.2) is 0 Å². The fourth-order valence-electron chi connectivity index (χ4n) is 3.47. The molecule has 0 saturated heterocycles. The Balaban J connectivity index is 1.62. The molecule has 0 bridgehead atoms. The maximum Gasteiger partial charge on any atom is 0.233 e. The van der Waals surface area contributed by atoms with Crippen molar-refractivity contribution < 1.29 is 14.1 Å². The Morgan fingerprint density at radius 3 is 2.29 bits per heavy atom. The van der Waals surface area contributed by atoms with Gasteiger partial charge in [0.15, 0.2) is 5.58 Å². The minimum Gasteiger partial charge on any atom is -0.497 e. The van der Waals surface area contributed by atoms with Crippen LogP contribution in [0.1, 0.15) is 11.3 Å². The third-order valence-electron chi connectivity index (χ3n) is 5.25. The highest BCUT2D eigenvalue weighted by Crippen LogP contribution is 2.25. The smallest absolute Gasteiger partial charge is 0.233 e. The Morgan fingerprint density at radius 1 is 0.935 bits per heavy atom. The van der Waals surface area contributed by atoms with E-state index in [1.165, 1.54) is 0 Å². The number of para-hydroxylation sites is 1. The molecule has 158 valence electrons. The number of methoxy groups -OCH3 is 1. The number of amides is 1. The lowest BCUT2D eigenvalue weighted by molar-refractivity contribution is -0.118. The molecule has 0 aliphatic rings. The van der Waals surface area contributed by atoms with E-state index in [1.807, 2.05) is 79.7 Å². The summed E-state index contributed by atoms with van der Waals surface area (Å²) in [5.41, 5.74) is 4.28. The topological polar surface area (TPSA) is 58.8 Å². The lowest BCUT2D eigenvalue weighted by Crippen LogP contribution is -2.32. The minimum atomic E-state index is -0.0547. The predicted molar refractivity (Wildman–Crippen MR) is 123 cm³/mol. The Bertz CT molecular complexity index is 1160. The van der Waals surface area contributed by atoms with E-state index in [4.69, 9.17) is 9.26 Å². The molecule has 0 spiro atoms. The molecule has 6 heteroatoms. The number of benzene rings is 3. The molecule has 3 aromatic carbocycles. The van der Waals surface area contributed by atoms with Crippen molar-refractivity contribution in [2.45, 2.75) is 13.0 Å². The summed E-state index contributed by atoms with van der Waals surface area (Å²) in [5, 5.41) is 4.99. The van der Waals surface area contributed by atoms with Crippen molar-refractivity contribution in [2.24, 2.45) is 0 Å². The monoisotopic (exact) mass is 415 g/mol. The first kappa shape index (κ1) is 20.5. The van der Waals surface area contributed by atoms with E-state index < -0.39 is 0 Å². The third-order valence-corrected chi connectivity index (χ3v) is 5.25. The highest BCUT2D eigenvalue weighted by molar-refractivity contribution is 5.96. The molecule has 0 saturated carbocycles. The zero-order valence-corrected chi connectivity index (χ0v) is 17.9. The van der Waals surface area contributed by atoms with Gasteiger partial charge in [0.1, 0.15) is 11.4 Å². The Kier molecular flexibility index (Phi) is 5.89. The molecule has 0 aliphatic carbocycles. The van der Waals surface area contributed by atoms with Gasteiger partial charge in [-0.05, 0) is 54.1 Å². The second kappa shape index (κ2) is 8.92. The summed E-state index contributed by atoms with van der Waals surface area (Å²) >= 11 is 0. The SMILES string of the molecule is COc1ccc(N(Cc2ccc(N(C)C)cc2)C(=O)Cc2noc3ccccc23)cc1. The predicted octanol–water partition coefficient (Wildman–Crippen LogP) is 4.68. The van der Waals surface area contributed by atoms with Crippen LogP contribution in [0.2, 0.25) is 0 Å². The van der Waals surface area contributed by atoms with Crippen LogP contribution in [0.15, 0.2) is 77.3 Å². The van der Waals surface area contributed by atoms with Crippen LogP contribution in [-0.4, -0.2) is 32.3 Å². The number of ether oxygens (including phenoxy) is 1. The molecule has 31 heavy (non-hydrogen) atoms. The van der Waals surface area contributed by atoms with Gasteiger partial charge < -0.3 is 19.1 Å². The van der Waals surface area contributed by atoms with Crippen molar-refractivity contribution >= 4 is 28.3 Å². The first-order chi connectivity index (χ1) is 15.0. The van der Waals surface area contributed by atoms with Gasteiger partial charge in [0, 0.05) is 30.9 Å². The molecular weight excluding hydrogens is 390 g/mol. The molecule has 0 atom stereocenters. The summed E-state index contributed by atoms with van der Waals surface area (Å²) < 4.78 is 10.6. The summed E-state index contributed by atoms with van der Waals surface area (Å²) in [7, 11) is 5.63. The van der Waals surface area contributed by atoms with Crippen LogP contribution >= 0.6 is 0 Å². The number of hydrogen-bond donors (Lipinski definition) is 0. The molecular formula is C25H25N3O3. The van der Waals surface area contributed by atoms with Crippen LogP contribution in [-0.2, 0) is 17.8 Å². The molecule has 4 rings (SSSR count). The second-order valence-electron chi connectivity index (χ2n) is 7.54. The summed E-state index contributed by atoms with van der Waals surface area (Å²) in [4.78, 5) is 17.2. The zero-order valence-electron chi connectivity index (χ0n) is 17.9. The van der Waals surface area contributed by atoms with E-state index in [0.29, 0.717) is 17.8 Å². The van der Waals surface area contributed by atoms with E-state index in [1.54, 1.807) is 12.0 Å². The minimum absolute atomic E-state index is 0.0547. The average molecular weight is 415 g/mol. The quantitative estimate of drug-likeness (QED) is 0.439. The van der Waals surface area contributed by atoms with Gasteiger partial charge >= 0.3 is 0 Å². The van der Waals surface area contributed by atoms with E-state index in [-0.39, 0.29) is 12.3 Å².